The van der Waals surface area contributed by atoms with Crippen molar-refractivity contribution in [3.63, 3.8) is 0 Å². The zero-order valence-electron chi connectivity index (χ0n) is 20.7. The highest BCUT2D eigenvalue weighted by molar-refractivity contribution is 5.93. The van der Waals surface area contributed by atoms with E-state index in [4.69, 9.17) is 4.74 Å². The molecule has 4 rings (SSSR count). The molecule has 2 unspecified atom stereocenters. The van der Waals surface area contributed by atoms with E-state index in [1.807, 2.05) is 37.3 Å². The van der Waals surface area contributed by atoms with E-state index in [2.05, 4.69) is 29.0 Å². The van der Waals surface area contributed by atoms with Crippen LogP contribution in [0.2, 0.25) is 0 Å². The molecule has 1 N–H and O–H groups in total. The Hall–Kier alpha value is -2.80. The van der Waals surface area contributed by atoms with Crippen LogP contribution >= 0.6 is 0 Å². The topological polar surface area (TPSA) is 37.4 Å². The standard InChI is InChI=1S/C28H34F3N3O/c1-4-5-8-23-13-19(2)18-34(23)11-12-35-24-16-21(28(29,30)31)15-22(17-24)33-27-14-20(3)32-26-10-7-6-9-25(26)27/h6-7,9-10,14-17,19,23H,4-5,8,11-13,18H2,1-3H3,(H,32,33). The molecule has 0 radical (unpaired) electrons. The number of halogens is 3. The molecule has 1 aliphatic rings. The Labute approximate surface area is 205 Å². The minimum Gasteiger partial charge on any atom is -0.492 e. The Balaban J connectivity index is 1.52. The number of benzene rings is 2. The molecule has 1 fully saturated rings. The highest BCUT2D eigenvalue weighted by atomic mass is 19.4. The Morgan fingerprint density at radius 3 is 2.71 bits per heavy atom. The molecule has 4 nitrogen and oxygen atoms in total. The van der Waals surface area contributed by atoms with Crippen LogP contribution in [0.5, 0.6) is 5.75 Å². The molecule has 2 aromatic carbocycles. The summed E-state index contributed by atoms with van der Waals surface area (Å²) < 4.78 is 46.9. The van der Waals surface area contributed by atoms with Crippen molar-refractivity contribution in [3.8, 4) is 5.75 Å². The third kappa shape index (κ3) is 6.45. The summed E-state index contributed by atoms with van der Waals surface area (Å²) >= 11 is 0. The van der Waals surface area contributed by atoms with E-state index in [1.165, 1.54) is 19.3 Å². The van der Waals surface area contributed by atoms with E-state index in [9.17, 15) is 13.2 Å². The van der Waals surface area contributed by atoms with E-state index < -0.39 is 11.7 Å². The van der Waals surface area contributed by atoms with Gasteiger partial charge >= 0.3 is 6.18 Å². The van der Waals surface area contributed by atoms with Gasteiger partial charge in [0.1, 0.15) is 12.4 Å². The number of alkyl halides is 3. The van der Waals surface area contributed by atoms with Crippen molar-refractivity contribution in [1.82, 2.24) is 9.88 Å². The van der Waals surface area contributed by atoms with E-state index >= 15 is 0 Å². The minimum atomic E-state index is -4.47. The zero-order valence-corrected chi connectivity index (χ0v) is 20.7. The smallest absolute Gasteiger partial charge is 0.416 e. The molecule has 2 atom stereocenters. The van der Waals surface area contributed by atoms with Gasteiger partial charge in [0.25, 0.3) is 0 Å². The molecule has 0 saturated carbocycles. The second-order valence-electron chi connectivity index (χ2n) is 9.68. The van der Waals surface area contributed by atoms with Crippen molar-refractivity contribution in [2.75, 3.05) is 25.0 Å². The molecule has 0 spiro atoms. The molecule has 35 heavy (non-hydrogen) atoms. The third-order valence-electron chi connectivity index (χ3n) is 6.63. The maximum Gasteiger partial charge on any atom is 0.416 e. The SMILES string of the molecule is CCCCC1CC(C)CN1CCOc1cc(Nc2cc(C)nc3ccccc23)cc(C(F)(F)F)c1. The average Bonchev–Trinajstić information content (AvgIpc) is 3.16. The quantitative estimate of drug-likeness (QED) is 0.339. The number of ether oxygens (including phenoxy) is 1. The molecule has 188 valence electrons. The van der Waals surface area contributed by atoms with E-state index in [0.717, 1.165) is 41.7 Å². The molecule has 1 aromatic heterocycles. The van der Waals surface area contributed by atoms with Crippen LogP contribution in [0.25, 0.3) is 10.9 Å². The molecule has 0 amide bonds. The van der Waals surface area contributed by atoms with Crippen molar-refractivity contribution < 1.29 is 17.9 Å². The van der Waals surface area contributed by atoms with Gasteiger partial charge in [0.15, 0.2) is 0 Å². The normalized spacial score (nSPS) is 18.8. The molecule has 3 aromatic rings. The predicted molar refractivity (Wildman–Crippen MR) is 135 cm³/mol. The monoisotopic (exact) mass is 485 g/mol. The summed E-state index contributed by atoms with van der Waals surface area (Å²) in [5.74, 6) is 0.856. The van der Waals surface area contributed by atoms with Crippen LogP contribution in [-0.4, -0.2) is 35.6 Å². The molecule has 1 saturated heterocycles. The maximum absolute atomic E-state index is 13.7. The van der Waals surface area contributed by atoms with Crippen molar-refractivity contribution >= 4 is 22.3 Å². The van der Waals surface area contributed by atoms with Gasteiger partial charge in [-0.3, -0.25) is 9.88 Å². The van der Waals surface area contributed by atoms with Crippen LogP contribution < -0.4 is 10.1 Å². The first-order valence-corrected chi connectivity index (χ1v) is 12.5. The van der Waals surface area contributed by atoms with Crippen LogP contribution in [0.4, 0.5) is 24.5 Å². The number of hydrogen-bond donors (Lipinski definition) is 1. The number of likely N-dealkylation sites (tertiary alicyclic amines) is 1. The summed E-state index contributed by atoms with van der Waals surface area (Å²) in [5, 5.41) is 4.02. The second-order valence-corrected chi connectivity index (χ2v) is 9.68. The second kappa shape index (κ2) is 10.9. The Morgan fingerprint density at radius 1 is 1.14 bits per heavy atom. The molecule has 2 heterocycles. The summed E-state index contributed by atoms with van der Waals surface area (Å²) in [6, 6.07) is 13.8. The van der Waals surface area contributed by atoms with Gasteiger partial charge in [0, 0.05) is 47.7 Å². The fourth-order valence-corrected chi connectivity index (χ4v) is 5.02. The first kappa shape index (κ1) is 25.3. The Bertz CT molecular complexity index is 1150. The molecule has 0 bridgehead atoms. The number of aryl methyl sites for hydroxylation is 1. The number of hydrogen-bond acceptors (Lipinski definition) is 4. The molecular weight excluding hydrogens is 451 g/mol. The van der Waals surface area contributed by atoms with Gasteiger partial charge in [-0.05, 0) is 49.9 Å². The van der Waals surface area contributed by atoms with E-state index in [-0.39, 0.29) is 5.75 Å². The van der Waals surface area contributed by atoms with Crippen LogP contribution in [0.1, 0.15) is 50.8 Å². The van der Waals surface area contributed by atoms with Crippen molar-refractivity contribution in [1.29, 1.82) is 0 Å². The molecule has 7 heteroatoms. The zero-order chi connectivity index (χ0) is 25.0. The van der Waals surface area contributed by atoms with Gasteiger partial charge < -0.3 is 10.1 Å². The van der Waals surface area contributed by atoms with Crippen LogP contribution in [0, 0.1) is 12.8 Å². The maximum atomic E-state index is 13.7. The number of nitrogens with one attached hydrogen (secondary N) is 1. The first-order chi connectivity index (χ1) is 16.7. The van der Waals surface area contributed by atoms with Crippen LogP contribution in [0.15, 0.2) is 48.5 Å². The fraction of sp³-hybridized carbons (Fsp3) is 0.464. The molecule has 1 aliphatic heterocycles. The van der Waals surface area contributed by atoms with Gasteiger partial charge in [-0.25, -0.2) is 0 Å². The van der Waals surface area contributed by atoms with Gasteiger partial charge in [-0.2, -0.15) is 13.2 Å². The van der Waals surface area contributed by atoms with Crippen molar-refractivity contribution in [2.24, 2.45) is 5.92 Å². The highest BCUT2D eigenvalue weighted by Gasteiger charge is 2.32. The summed E-state index contributed by atoms with van der Waals surface area (Å²) in [6.07, 6.45) is 0.235. The van der Waals surface area contributed by atoms with E-state index in [0.29, 0.717) is 36.5 Å². The number of para-hydroxylation sites is 1. The fourth-order valence-electron chi connectivity index (χ4n) is 5.02. The van der Waals surface area contributed by atoms with Crippen molar-refractivity contribution in [2.45, 2.75) is 58.7 Å². The van der Waals surface area contributed by atoms with Crippen molar-refractivity contribution in [3.05, 3.63) is 59.8 Å². The number of fused-ring (bicyclic) bond motifs is 1. The summed E-state index contributed by atoms with van der Waals surface area (Å²) in [7, 11) is 0. The predicted octanol–water partition coefficient (Wildman–Crippen LogP) is 7.59. The summed E-state index contributed by atoms with van der Waals surface area (Å²) in [4.78, 5) is 6.94. The van der Waals surface area contributed by atoms with Gasteiger partial charge in [0.2, 0.25) is 0 Å². The lowest BCUT2D eigenvalue weighted by Crippen LogP contribution is -2.33. The largest absolute Gasteiger partial charge is 0.492 e. The average molecular weight is 486 g/mol. The van der Waals surface area contributed by atoms with Gasteiger partial charge in [-0.1, -0.05) is 44.9 Å². The Kier molecular flexibility index (Phi) is 7.85. The van der Waals surface area contributed by atoms with Gasteiger partial charge in [0.05, 0.1) is 11.1 Å². The number of pyridine rings is 1. The lowest BCUT2D eigenvalue weighted by molar-refractivity contribution is -0.137. The number of anilines is 2. The molecular formula is C28H34F3N3O. The van der Waals surface area contributed by atoms with Crippen LogP contribution in [0.3, 0.4) is 0 Å². The number of nitrogens with zero attached hydrogens (tertiary/aromatic N) is 2. The minimum absolute atomic E-state index is 0.217. The number of unbranched alkanes of at least 4 members (excludes halogenated alkanes) is 1. The third-order valence-corrected chi connectivity index (χ3v) is 6.63. The highest BCUT2D eigenvalue weighted by Crippen LogP contribution is 2.36. The number of aromatic nitrogens is 1. The summed E-state index contributed by atoms with van der Waals surface area (Å²) in [6.45, 7) is 8.41. The summed E-state index contributed by atoms with van der Waals surface area (Å²) in [5.41, 5.74) is 1.88. The van der Waals surface area contributed by atoms with Gasteiger partial charge in [-0.15, -0.1) is 0 Å². The first-order valence-electron chi connectivity index (χ1n) is 12.5. The molecule has 0 aliphatic carbocycles. The number of rotatable bonds is 9. The van der Waals surface area contributed by atoms with Crippen LogP contribution in [-0.2, 0) is 6.18 Å². The Morgan fingerprint density at radius 2 is 1.94 bits per heavy atom. The lowest BCUT2D eigenvalue weighted by atomic mass is 10.0. The lowest BCUT2D eigenvalue weighted by Gasteiger charge is -2.24. The van der Waals surface area contributed by atoms with E-state index in [1.54, 1.807) is 6.07 Å².